The summed E-state index contributed by atoms with van der Waals surface area (Å²) >= 11 is 5.70. The Balaban J connectivity index is 2.12. The average molecular weight is 305 g/mol. The van der Waals surface area contributed by atoms with Gasteiger partial charge in [-0.1, -0.05) is 12.1 Å². The van der Waals surface area contributed by atoms with Crippen LogP contribution in [-0.2, 0) is 6.42 Å². The summed E-state index contributed by atoms with van der Waals surface area (Å²) in [6.45, 7) is 0. The summed E-state index contributed by atoms with van der Waals surface area (Å²) in [6, 6.07) is 9.39. The molecule has 0 aliphatic carbocycles. The molecule has 21 heavy (non-hydrogen) atoms. The fourth-order valence-electron chi connectivity index (χ4n) is 2.00. The molecule has 2 aromatic rings. The molecule has 0 atom stereocenters. The highest BCUT2D eigenvalue weighted by Gasteiger charge is 2.12. The molecule has 1 aromatic carbocycles. The summed E-state index contributed by atoms with van der Waals surface area (Å²) in [4.78, 5) is 16.2. The van der Waals surface area contributed by atoms with Gasteiger partial charge >= 0.3 is 0 Å². The molecule has 1 heterocycles. The molecule has 110 valence electrons. The summed E-state index contributed by atoms with van der Waals surface area (Å²) in [5.41, 5.74) is 2.36. The lowest BCUT2D eigenvalue weighted by Crippen LogP contribution is -2.13. The maximum atomic E-state index is 12.3. The van der Waals surface area contributed by atoms with Crippen LogP contribution in [0.2, 0.25) is 0 Å². The number of amides is 1. The average Bonchev–Trinajstić information content (AvgIpc) is 2.53. The van der Waals surface area contributed by atoms with Gasteiger partial charge < -0.3 is 10.1 Å². The Hall–Kier alpha value is -2.07. The Bertz CT molecular complexity index is 617. The molecule has 1 aromatic heterocycles. The number of aryl methyl sites for hydroxylation is 1. The number of carbonyl (C=O) groups excluding carboxylic acids is 1. The third kappa shape index (κ3) is 4.20. The van der Waals surface area contributed by atoms with E-state index in [1.807, 2.05) is 24.3 Å². The summed E-state index contributed by atoms with van der Waals surface area (Å²) in [7, 11) is 1.51. The van der Waals surface area contributed by atoms with Crippen molar-refractivity contribution in [1.82, 2.24) is 4.98 Å². The van der Waals surface area contributed by atoms with Crippen molar-refractivity contribution >= 4 is 23.2 Å². The molecule has 0 unspecified atom stereocenters. The Morgan fingerprint density at radius 1 is 1.38 bits per heavy atom. The van der Waals surface area contributed by atoms with Gasteiger partial charge in [0, 0.05) is 17.8 Å². The Morgan fingerprint density at radius 3 is 3.00 bits per heavy atom. The van der Waals surface area contributed by atoms with Gasteiger partial charge in [-0.3, -0.25) is 9.78 Å². The number of rotatable bonds is 6. The van der Waals surface area contributed by atoms with Gasteiger partial charge in [0.05, 0.1) is 18.9 Å². The lowest BCUT2D eigenvalue weighted by molar-refractivity contribution is 0.102. The third-order valence-electron chi connectivity index (χ3n) is 3.03. The van der Waals surface area contributed by atoms with Gasteiger partial charge in [0.1, 0.15) is 5.75 Å². The van der Waals surface area contributed by atoms with Crippen LogP contribution in [-0.4, -0.2) is 23.9 Å². The van der Waals surface area contributed by atoms with Crippen molar-refractivity contribution in [3.05, 3.63) is 53.9 Å². The number of methoxy groups -OCH3 is 1. The van der Waals surface area contributed by atoms with Gasteiger partial charge in [-0.2, -0.15) is 0 Å². The van der Waals surface area contributed by atoms with Crippen molar-refractivity contribution in [2.45, 2.75) is 12.8 Å². The van der Waals surface area contributed by atoms with Gasteiger partial charge in [0.15, 0.2) is 0 Å². The quantitative estimate of drug-likeness (QED) is 0.831. The number of carbonyl (C=O) groups is 1. The van der Waals surface area contributed by atoms with Crippen LogP contribution < -0.4 is 10.1 Å². The second-order valence-electron chi connectivity index (χ2n) is 4.52. The van der Waals surface area contributed by atoms with E-state index in [2.05, 4.69) is 10.3 Å². The van der Waals surface area contributed by atoms with Gasteiger partial charge in [-0.25, -0.2) is 0 Å². The zero-order valence-electron chi connectivity index (χ0n) is 11.8. The Labute approximate surface area is 129 Å². The summed E-state index contributed by atoms with van der Waals surface area (Å²) < 4.78 is 5.14. The highest BCUT2D eigenvalue weighted by atomic mass is 35.5. The molecule has 2 rings (SSSR count). The minimum atomic E-state index is -0.219. The molecule has 0 saturated carbocycles. The molecular weight excluding hydrogens is 288 g/mol. The minimum absolute atomic E-state index is 0.219. The van der Waals surface area contributed by atoms with Crippen LogP contribution in [0.25, 0.3) is 0 Å². The first-order valence-electron chi connectivity index (χ1n) is 6.69. The first-order chi connectivity index (χ1) is 10.2. The molecular formula is C16H17ClN2O2. The van der Waals surface area contributed by atoms with Crippen LogP contribution in [0.3, 0.4) is 0 Å². The third-order valence-corrected chi connectivity index (χ3v) is 3.30. The van der Waals surface area contributed by atoms with E-state index >= 15 is 0 Å². The topological polar surface area (TPSA) is 51.2 Å². The van der Waals surface area contributed by atoms with E-state index in [1.165, 1.54) is 13.3 Å². The first-order valence-corrected chi connectivity index (χ1v) is 7.22. The van der Waals surface area contributed by atoms with E-state index < -0.39 is 0 Å². The number of nitrogens with one attached hydrogen (secondary N) is 1. The van der Waals surface area contributed by atoms with E-state index in [0.29, 0.717) is 17.2 Å². The maximum Gasteiger partial charge on any atom is 0.259 e. The Kier molecular flexibility index (Phi) is 5.58. The lowest BCUT2D eigenvalue weighted by atomic mass is 10.1. The molecule has 1 N–H and O–H groups in total. The van der Waals surface area contributed by atoms with E-state index in [1.54, 1.807) is 12.3 Å². The van der Waals surface area contributed by atoms with Crippen LogP contribution in [0.5, 0.6) is 5.75 Å². The largest absolute Gasteiger partial charge is 0.494 e. The second-order valence-corrected chi connectivity index (χ2v) is 4.90. The number of hydrogen-bond acceptors (Lipinski definition) is 3. The molecule has 0 saturated heterocycles. The number of nitrogens with zero attached hydrogens (tertiary/aromatic N) is 1. The molecule has 4 nitrogen and oxygen atoms in total. The lowest BCUT2D eigenvalue weighted by Gasteiger charge is -2.09. The highest BCUT2D eigenvalue weighted by molar-refractivity contribution is 6.17. The van der Waals surface area contributed by atoms with Crippen LogP contribution in [0.4, 0.5) is 5.69 Å². The monoisotopic (exact) mass is 304 g/mol. The number of anilines is 1. The zero-order valence-corrected chi connectivity index (χ0v) is 12.6. The van der Waals surface area contributed by atoms with Crippen molar-refractivity contribution in [3.8, 4) is 5.75 Å². The summed E-state index contributed by atoms with van der Waals surface area (Å²) in [6.07, 6.45) is 4.89. The second kappa shape index (κ2) is 7.64. The fraction of sp³-hybridized carbons (Fsp3) is 0.250. The van der Waals surface area contributed by atoms with Gasteiger partial charge in [-0.05, 0) is 36.6 Å². The molecule has 5 heteroatoms. The number of ether oxygens (including phenoxy) is 1. The fourth-order valence-corrected chi connectivity index (χ4v) is 2.14. The highest BCUT2D eigenvalue weighted by Crippen LogP contribution is 2.19. The van der Waals surface area contributed by atoms with E-state index in [9.17, 15) is 4.79 Å². The van der Waals surface area contributed by atoms with Crippen LogP contribution >= 0.6 is 11.6 Å². The normalized spacial score (nSPS) is 10.2. The number of benzene rings is 1. The van der Waals surface area contributed by atoms with Gasteiger partial charge in [0.25, 0.3) is 5.91 Å². The van der Waals surface area contributed by atoms with Crippen molar-refractivity contribution in [1.29, 1.82) is 0 Å². The molecule has 0 aliphatic rings. The molecule has 1 amide bonds. The summed E-state index contributed by atoms with van der Waals surface area (Å²) in [5.74, 6) is 0.863. The van der Waals surface area contributed by atoms with Crippen molar-refractivity contribution in [2.24, 2.45) is 0 Å². The molecule has 0 spiro atoms. The van der Waals surface area contributed by atoms with E-state index in [0.717, 1.165) is 24.1 Å². The predicted molar refractivity (Wildman–Crippen MR) is 84.2 cm³/mol. The minimum Gasteiger partial charge on any atom is -0.494 e. The van der Waals surface area contributed by atoms with Crippen LogP contribution in [0, 0.1) is 0 Å². The van der Waals surface area contributed by atoms with Crippen LogP contribution in [0.15, 0.2) is 42.7 Å². The van der Waals surface area contributed by atoms with Crippen molar-refractivity contribution < 1.29 is 9.53 Å². The number of halogens is 1. The molecule has 0 radical (unpaired) electrons. The van der Waals surface area contributed by atoms with E-state index in [4.69, 9.17) is 16.3 Å². The molecule has 0 fully saturated rings. The molecule has 0 bridgehead atoms. The Morgan fingerprint density at radius 2 is 2.24 bits per heavy atom. The molecule has 0 aliphatic heterocycles. The maximum absolute atomic E-state index is 12.3. The number of aromatic nitrogens is 1. The smallest absolute Gasteiger partial charge is 0.259 e. The van der Waals surface area contributed by atoms with E-state index in [-0.39, 0.29) is 5.91 Å². The van der Waals surface area contributed by atoms with Crippen molar-refractivity contribution in [2.75, 3.05) is 18.3 Å². The summed E-state index contributed by atoms with van der Waals surface area (Å²) in [5, 5.41) is 2.87. The number of alkyl halides is 1. The predicted octanol–water partition coefficient (Wildman–Crippen LogP) is 3.51. The number of hydrogen-bond donors (Lipinski definition) is 1. The number of pyridine rings is 1. The first kappa shape index (κ1) is 15.3. The standard InChI is InChI=1S/C16H17ClN2O2/c1-21-15-11-18-9-7-14(15)16(20)19-13-6-2-4-12(10-13)5-3-8-17/h2,4,6-7,9-11H,3,5,8H2,1H3,(H,19,20). The zero-order chi connectivity index (χ0) is 15.1. The van der Waals surface area contributed by atoms with Crippen LogP contribution in [0.1, 0.15) is 22.3 Å². The van der Waals surface area contributed by atoms with Gasteiger partial charge in [0.2, 0.25) is 0 Å². The van der Waals surface area contributed by atoms with Crippen molar-refractivity contribution in [3.63, 3.8) is 0 Å². The SMILES string of the molecule is COc1cnccc1C(=O)Nc1cccc(CCCCl)c1. The van der Waals surface area contributed by atoms with Gasteiger partial charge in [-0.15, -0.1) is 11.6 Å².